The average Bonchev–Trinajstić information content (AvgIpc) is 2.27. The Morgan fingerprint density at radius 1 is 1.25 bits per heavy atom. The predicted octanol–water partition coefficient (Wildman–Crippen LogP) is 1.71. The molecule has 1 aromatic carbocycles. The largest absolute Gasteiger partial charge is 0.347 e. The van der Waals surface area contributed by atoms with E-state index in [4.69, 9.17) is 0 Å². The molecule has 3 heteroatoms. The fourth-order valence-electron chi connectivity index (χ4n) is 1.32. The van der Waals surface area contributed by atoms with Crippen molar-refractivity contribution in [1.82, 2.24) is 5.32 Å². The second-order valence-electron chi connectivity index (χ2n) is 3.89. The topological polar surface area (TPSA) is 46.2 Å². The zero-order valence-electron chi connectivity index (χ0n) is 9.69. The number of nitrogens with one attached hydrogen (secondary N) is 1. The number of carbonyl (C=O) groups excluding carboxylic acids is 2. The summed E-state index contributed by atoms with van der Waals surface area (Å²) in [5.74, 6) is -0.0976. The van der Waals surface area contributed by atoms with Gasteiger partial charge < -0.3 is 5.32 Å². The van der Waals surface area contributed by atoms with E-state index in [1.165, 1.54) is 6.92 Å². The zero-order valence-corrected chi connectivity index (χ0v) is 9.69. The molecule has 0 heterocycles. The second kappa shape index (κ2) is 6.05. The third-order valence-corrected chi connectivity index (χ3v) is 2.47. The highest BCUT2D eigenvalue weighted by molar-refractivity contribution is 5.87. The Morgan fingerprint density at radius 2 is 1.88 bits per heavy atom. The number of aryl methyl sites for hydroxylation is 1. The lowest BCUT2D eigenvalue weighted by Gasteiger charge is -2.10. The van der Waals surface area contributed by atoms with Crippen molar-refractivity contribution in [3.8, 4) is 0 Å². The summed E-state index contributed by atoms with van der Waals surface area (Å²) in [4.78, 5) is 22.4. The van der Waals surface area contributed by atoms with Crippen molar-refractivity contribution in [2.45, 2.75) is 32.7 Å². The highest BCUT2D eigenvalue weighted by atomic mass is 16.2. The Balaban J connectivity index is 2.33. The first-order chi connectivity index (χ1) is 7.59. The van der Waals surface area contributed by atoms with E-state index in [1.54, 1.807) is 6.92 Å². The van der Waals surface area contributed by atoms with Crippen LogP contribution in [0.15, 0.2) is 30.3 Å². The van der Waals surface area contributed by atoms with Gasteiger partial charge in [0.25, 0.3) is 0 Å². The van der Waals surface area contributed by atoms with Gasteiger partial charge in [0.1, 0.15) is 0 Å². The van der Waals surface area contributed by atoms with Crippen LogP contribution in [0.3, 0.4) is 0 Å². The predicted molar refractivity (Wildman–Crippen MR) is 63.0 cm³/mol. The van der Waals surface area contributed by atoms with Gasteiger partial charge in [-0.15, -0.1) is 0 Å². The van der Waals surface area contributed by atoms with Crippen LogP contribution in [0.2, 0.25) is 0 Å². The van der Waals surface area contributed by atoms with Gasteiger partial charge in [-0.2, -0.15) is 0 Å². The molecule has 0 saturated carbocycles. The van der Waals surface area contributed by atoms with E-state index in [0.717, 1.165) is 5.56 Å². The molecule has 0 saturated heterocycles. The van der Waals surface area contributed by atoms with Crippen LogP contribution in [0.5, 0.6) is 0 Å². The van der Waals surface area contributed by atoms with Gasteiger partial charge >= 0.3 is 0 Å². The summed E-state index contributed by atoms with van der Waals surface area (Å²) in [6, 6.07) is 9.44. The van der Waals surface area contributed by atoms with Crippen molar-refractivity contribution in [3.05, 3.63) is 35.9 Å². The molecule has 0 fully saturated rings. The molecule has 0 aliphatic heterocycles. The Kier molecular flexibility index (Phi) is 4.70. The molecule has 86 valence electrons. The first-order valence-electron chi connectivity index (χ1n) is 5.43. The molecule has 1 atom stereocenters. The number of amides is 1. The number of hydrogen-bond donors (Lipinski definition) is 1. The van der Waals surface area contributed by atoms with Gasteiger partial charge in [0, 0.05) is 6.42 Å². The maximum atomic E-state index is 11.5. The SMILES string of the molecule is CC(=O)C(C)NC(=O)CCc1ccccc1. The van der Waals surface area contributed by atoms with Gasteiger partial charge in [-0.3, -0.25) is 9.59 Å². The summed E-state index contributed by atoms with van der Waals surface area (Å²) in [5, 5.41) is 2.66. The van der Waals surface area contributed by atoms with Gasteiger partial charge in [-0.25, -0.2) is 0 Å². The molecular weight excluding hydrogens is 202 g/mol. The van der Waals surface area contributed by atoms with Crippen molar-refractivity contribution >= 4 is 11.7 Å². The molecule has 1 amide bonds. The number of rotatable bonds is 5. The summed E-state index contributed by atoms with van der Waals surface area (Å²) >= 11 is 0. The second-order valence-corrected chi connectivity index (χ2v) is 3.89. The first kappa shape index (κ1) is 12.4. The fourth-order valence-corrected chi connectivity index (χ4v) is 1.32. The standard InChI is InChI=1S/C13H17NO2/c1-10(11(2)15)14-13(16)9-8-12-6-4-3-5-7-12/h3-7,10H,8-9H2,1-2H3,(H,14,16). The van der Waals surface area contributed by atoms with Crippen LogP contribution in [0.4, 0.5) is 0 Å². The van der Waals surface area contributed by atoms with E-state index >= 15 is 0 Å². The molecule has 0 spiro atoms. The van der Waals surface area contributed by atoms with Crippen LogP contribution in [0.25, 0.3) is 0 Å². The molecule has 1 unspecified atom stereocenters. The number of ketones is 1. The minimum Gasteiger partial charge on any atom is -0.347 e. The van der Waals surface area contributed by atoms with E-state index in [1.807, 2.05) is 30.3 Å². The quantitative estimate of drug-likeness (QED) is 0.819. The van der Waals surface area contributed by atoms with E-state index in [-0.39, 0.29) is 17.7 Å². The summed E-state index contributed by atoms with van der Waals surface area (Å²) in [5.41, 5.74) is 1.13. The zero-order chi connectivity index (χ0) is 12.0. The molecule has 3 nitrogen and oxygen atoms in total. The molecule has 1 rings (SSSR count). The van der Waals surface area contributed by atoms with Crippen LogP contribution in [0, 0.1) is 0 Å². The van der Waals surface area contributed by atoms with Crippen LogP contribution < -0.4 is 5.32 Å². The van der Waals surface area contributed by atoms with Crippen molar-refractivity contribution in [2.75, 3.05) is 0 Å². The Labute approximate surface area is 95.9 Å². The smallest absolute Gasteiger partial charge is 0.220 e. The fraction of sp³-hybridized carbons (Fsp3) is 0.385. The molecule has 1 aromatic rings. The Bertz CT molecular complexity index is 359. The molecule has 0 aliphatic carbocycles. The lowest BCUT2D eigenvalue weighted by Crippen LogP contribution is -2.37. The van der Waals surface area contributed by atoms with Crippen LogP contribution in [0.1, 0.15) is 25.8 Å². The number of carbonyl (C=O) groups is 2. The summed E-state index contributed by atoms with van der Waals surface area (Å²) in [7, 11) is 0. The van der Waals surface area contributed by atoms with E-state index < -0.39 is 0 Å². The van der Waals surface area contributed by atoms with E-state index in [2.05, 4.69) is 5.32 Å². The lowest BCUT2D eigenvalue weighted by molar-refractivity contribution is -0.126. The first-order valence-corrected chi connectivity index (χ1v) is 5.43. The van der Waals surface area contributed by atoms with E-state index in [0.29, 0.717) is 12.8 Å². The minimum atomic E-state index is -0.386. The summed E-state index contributed by atoms with van der Waals surface area (Å²) in [6.07, 6.45) is 1.12. The summed E-state index contributed by atoms with van der Waals surface area (Å²) in [6.45, 7) is 3.17. The van der Waals surface area contributed by atoms with E-state index in [9.17, 15) is 9.59 Å². The van der Waals surface area contributed by atoms with Gasteiger partial charge in [0.2, 0.25) is 5.91 Å². The molecule has 16 heavy (non-hydrogen) atoms. The third kappa shape index (κ3) is 4.26. The summed E-state index contributed by atoms with van der Waals surface area (Å²) < 4.78 is 0. The molecule has 0 bridgehead atoms. The third-order valence-electron chi connectivity index (χ3n) is 2.47. The van der Waals surface area contributed by atoms with Crippen molar-refractivity contribution in [3.63, 3.8) is 0 Å². The molecule has 0 aliphatic rings. The monoisotopic (exact) mass is 219 g/mol. The van der Waals surface area contributed by atoms with Gasteiger partial charge in [-0.05, 0) is 25.8 Å². The number of Topliss-reactive ketones (excluding diaryl/α,β-unsaturated/α-hetero) is 1. The maximum absolute atomic E-state index is 11.5. The van der Waals surface area contributed by atoms with Crippen molar-refractivity contribution in [1.29, 1.82) is 0 Å². The molecular formula is C13H17NO2. The van der Waals surface area contributed by atoms with Gasteiger partial charge in [0.15, 0.2) is 5.78 Å². The molecule has 0 radical (unpaired) electrons. The average molecular weight is 219 g/mol. The maximum Gasteiger partial charge on any atom is 0.220 e. The van der Waals surface area contributed by atoms with Gasteiger partial charge in [-0.1, -0.05) is 30.3 Å². The minimum absolute atomic E-state index is 0.0203. The van der Waals surface area contributed by atoms with Crippen LogP contribution in [-0.2, 0) is 16.0 Å². The van der Waals surface area contributed by atoms with Crippen molar-refractivity contribution < 1.29 is 9.59 Å². The number of benzene rings is 1. The number of hydrogen-bond acceptors (Lipinski definition) is 2. The van der Waals surface area contributed by atoms with Crippen molar-refractivity contribution in [2.24, 2.45) is 0 Å². The Hall–Kier alpha value is -1.64. The van der Waals surface area contributed by atoms with Crippen LogP contribution in [-0.4, -0.2) is 17.7 Å². The lowest BCUT2D eigenvalue weighted by atomic mass is 10.1. The normalized spacial score (nSPS) is 11.9. The van der Waals surface area contributed by atoms with Crippen LogP contribution >= 0.6 is 0 Å². The highest BCUT2D eigenvalue weighted by Crippen LogP contribution is 2.02. The molecule has 1 N–H and O–H groups in total. The highest BCUT2D eigenvalue weighted by Gasteiger charge is 2.10. The molecule has 0 aromatic heterocycles. The Morgan fingerprint density at radius 3 is 2.44 bits per heavy atom. The van der Waals surface area contributed by atoms with Gasteiger partial charge in [0.05, 0.1) is 6.04 Å².